The van der Waals surface area contributed by atoms with Gasteiger partial charge in [0.05, 0.1) is 12.1 Å². The first-order valence-electron chi connectivity index (χ1n) is 11.3. The van der Waals surface area contributed by atoms with Crippen LogP contribution in [0, 0.1) is 0 Å². The fraction of sp³-hybridized carbons (Fsp3) is 0.480. The smallest absolute Gasteiger partial charge is 0.250 e. The Hall–Kier alpha value is -2.77. The lowest BCUT2D eigenvalue weighted by molar-refractivity contribution is -0.144. The molecule has 2 N–H and O–H groups in total. The summed E-state index contributed by atoms with van der Waals surface area (Å²) < 4.78 is 0. The van der Waals surface area contributed by atoms with E-state index in [9.17, 15) is 14.7 Å². The monoisotopic (exact) mass is 436 g/mol. The third-order valence-electron chi connectivity index (χ3n) is 6.27. The highest BCUT2D eigenvalue weighted by Crippen LogP contribution is 2.33. The molecule has 4 rings (SSSR count). The predicted octanol–water partition coefficient (Wildman–Crippen LogP) is 2.41. The van der Waals surface area contributed by atoms with E-state index in [0.717, 1.165) is 24.9 Å². The van der Waals surface area contributed by atoms with Crippen molar-refractivity contribution >= 4 is 17.5 Å². The van der Waals surface area contributed by atoms with Gasteiger partial charge in [0.15, 0.2) is 0 Å². The van der Waals surface area contributed by atoms with E-state index in [2.05, 4.69) is 31.1 Å². The lowest BCUT2D eigenvalue weighted by atomic mass is 9.87. The predicted molar refractivity (Wildman–Crippen MR) is 123 cm³/mol. The van der Waals surface area contributed by atoms with Gasteiger partial charge in [-0.3, -0.25) is 19.5 Å². The molecule has 1 aromatic carbocycles. The Balaban J connectivity index is 1.77. The number of amides is 2. The summed E-state index contributed by atoms with van der Waals surface area (Å²) in [5, 5.41) is 13.0. The van der Waals surface area contributed by atoms with Crippen LogP contribution in [0.25, 0.3) is 0 Å². The molecule has 3 heterocycles. The van der Waals surface area contributed by atoms with Gasteiger partial charge in [0.2, 0.25) is 5.91 Å². The molecule has 7 heteroatoms. The molecule has 2 aliphatic heterocycles. The summed E-state index contributed by atoms with van der Waals surface area (Å²) in [6.45, 7) is 7.78. The average Bonchev–Trinajstić information content (AvgIpc) is 3.29. The van der Waals surface area contributed by atoms with Crippen molar-refractivity contribution in [3.05, 3.63) is 59.9 Å². The average molecular weight is 437 g/mol. The van der Waals surface area contributed by atoms with Crippen LogP contribution in [0.15, 0.2) is 48.8 Å². The van der Waals surface area contributed by atoms with E-state index < -0.39 is 12.1 Å². The standard InChI is InChI=1S/C25H32N4O3/c1-25(2,3)18-8-10-19(11-9-18)29(23(31)21-7-5-13-27-21)22(17-6-4-12-26-14-17)24(32)28-15-20(30)16-28/h4,6,8-12,14,20-22,27,30H,5,7,13,15-16H2,1-3H3/t21-,22?/m1/s1. The summed E-state index contributed by atoms with van der Waals surface area (Å²) in [7, 11) is 0. The highest BCUT2D eigenvalue weighted by molar-refractivity contribution is 6.04. The summed E-state index contributed by atoms with van der Waals surface area (Å²) in [5.41, 5.74) is 2.47. The number of anilines is 1. The van der Waals surface area contributed by atoms with Crippen molar-refractivity contribution in [2.24, 2.45) is 0 Å². The Morgan fingerprint density at radius 3 is 2.44 bits per heavy atom. The maximum Gasteiger partial charge on any atom is 0.250 e. The number of nitrogens with one attached hydrogen (secondary N) is 1. The SMILES string of the molecule is CC(C)(C)c1ccc(N(C(=O)[C@H]2CCCN2)C(C(=O)N2CC(O)C2)c2cccnc2)cc1. The number of hydrogen-bond acceptors (Lipinski definition) is 5. The fourth-order valence-electron chi connectivity index (χ4n) is 4.34. The molecule has 2 aliphatic rings. The van der Waals surface area contributed by atoms with Crippen LogP contribution < -0.4 is 10.2 Å². The zero-order valence-corrected chi connectivity index (χ0v) is 19.0. The van der Waals surface area contributed by atoms with Gasteiger partial charge in [-0.1, -0.05) is 39.0 Å². The number of pyridine rings is 1. The number of β-amino-alcohol motifs (C(OH)–C–C–N with tert-alkyl or cyclic N) is 1. The molecule has 0 saturated carbocycles. The first-order chi connectivity index (χ1) is 15.3. The first-order valence-corrected chi connectivity index (χ1v) is 11.3. The zero-order valence-electron chi connectivity index (χ0n) is 19.0. The molecule has 32 heavy (non-hydrogen) atoms. The van der Waals surface area contributed by atoms with E-state index in [0.29, 0.717) is 11.3 Å². The minimum atomic E-state index is -0.841. The van der Waals surface area contributed by atoms with Crippen LogP contribution in [-0.2, 0) is 15.0 Å². The normalized spacial score (nSPS) is 20.0. The van der Waals surface area contributed by atoms with Crippen molar-refractivity contribution in [2.45, 2.75) is 57.2 Å². The number of aliphatic hydroxyl groups excluding tert-OH is 1. The summed E-state index contributed by atoms with van der Waals surface area (Å²) >= 11 is 0. The molecule has 0 spiro atoms. The Kier molecular flexibility index (Phi) is 6.31. The van der Waals surface area contributed by atoms with E-state index in [4.69, 9.17) is 0 Å². The van der Waals surface area contributed by atoms with Crippen molar-refractivity contribution in [3.8, 4) is 0 Å². The van der Waals surface area contributed by atoms with Gasteiger partial charge in [0, 0.05) is 36.7 Å². The summed E-state index contributed by atoms with van der Waals surface area (Å²) in [5.74, 6) is -0.316. The second-order valence-corrected chi connectivity index (χ2v) is 9.74. The number of carbonyl (C=O) groups is 2. The Morgan fingerprint density at radius 1 is 1.19 bits per heavy atom. The molecule has 7 nitrogen and oxygen atoms in total. The number of benzene rings is 1. The number of hydrogen-bond donors (Lipinski definition) is 2. The fourth-order valence-corrected chi connectivity index (χ4v) is 4.34. The van der Waals surface area contributed by atoms with Crippen LogP contribution in [0.1, 0.15) is 50.8 Å². The van der Waals surface area contributed by atoms with Gasteiger partial charge < -0.3 is 15.3 Å². The van der Waals surface area contributed by atoms with Crippen LogP contribution in [0.5, 0.6) is 0 Å². The molecule has 2 atom stereocenters. The Morgan fingerprint density at radius 2 is 1.91 bits per heavy atom. The highest BCUT2D eigenvalue weighted by Gasteiger charge is 2.41. The third-order valence-corrected chi connectivity index (χ3v) is 6.27. The van der Waals surface area contributed by atoms with E-state index >= 15 is 0 Å². The molecular formula is C25H32N4O3. The molecule has 1 unspecified atom stereocenters. The van der Waals surface area contributed by atoms with Crippen LogP contribution in [-0.4, -0.2) is 58.6 Å². The largest absolute Gasteiger partial charge is 0.389 e. The van der Waals surface area contributed by atoms with Crippen molar-refractivity contribution in [1.29, 1.82) is 0 Å². The molecule has 2 fully saturated rings. The van der Waals surface area contributed by atoms with Crippen LogP contribution >= 0.6 is 0 Å². The lowest BCUT2D eigenvalue weighted by Gasteiger charge is -2.41. The molecule has 2 aromatic rings. The third kappa shape index (κ3) is 4.54. The highest BCUT2D eigenvalue weighted by atomic mass is 16.3. The molecule has 2 saturated heterocycles. The maximum absolute atomic E-state index is 13.8. The van der Waals surface area contributed by atoms with Crippen molar-refractivity contribution in [2.75, 3.05) is 24.5 Å². The van der Waals surface area contributed by atoms with Crippen LogP contribution in [0.4, 0.5) is 5.69 Å². The molecule has 0 bridgehead atoms. The van der Waals surface area contributed by atoms with Gasteiger partial charge in [0.25, 0.3) is 5.91 Å². The van der Waals surface area contributed by atoms with Gasteiger partial charge in [0.1, 0.15) is 6.04 Å². The van der Waals surface area contributed by atoms with Gasteiger partial charge >= 0.3 is 0 Å². The number of carbonyl (C=O) groups excluding carboxylic acids is 2. The summed E-state index contributed by atoms with van der Waals surface area (Å²) in [6.07, 6.45) is 4.45. The van der Waals surface area contributed by atoms with E-state index in [1.54, 1.807) is 28.3 Å². The Bertz CT molecular complexity index is 943. The summed E-state index contributed by atoms with van der Waals surface area (Å²) in [6, 6.07) is 10.3. The number of aliphatic hydroxyl groups is 1. The Labute approximate surface area is 189 Å². The van der Waals surface area contributed by atoms with E-state index in [1.807, 2.05) is 30.3 Å². The number of likely N-dealkylation sites (tertiary alicyclic amines) is 1. The van der Waals surface area contributed by atoms with E-state index in [1.165, 1.54) is 0 Å². The quantitative estimate of drug-likeness (QED) is 0.752. The second kappa shape index (κ2) is 9.00. The minimum absolute atomic E-state index is 0.0211. The van der Waals surface area contributed by atoms with Gasteiger partial charge in [-0.05, 0) is 48.6 Å². The molecule has 170 valence electrons. The maximum atomic E-state index is 13.8. The molecule has 0 aliphatic carbocycles. The van der Waals surface area contributed by atoms with Gasteiger partial charge in [-0.25, -0.2) is 0 Å². The molecule has 2 amide bonds. The van der Waals surface area contributed by atoms with Gasteiger partial charge in [-0.15, -0.1) is 0 Å². The van der Waals surface area contributed by atoms with E-state index in [-0.39, 0.29) is 36.4 Å². The van der Waals surface area contributed by atoms with Crippen molar-refractivity contribution < 1.29 is 14.7 Å². The molecular weight excluding hydrogens is 404 g/mol. The topological polar surface area (TPSA) is 85.8 Å². The second-order valence-electron chi connectivity index (χ2n) is 9.74. The van der Waals surface area contributed by atoms with Crippen LogP contribution in [0.3, 0.4) is 0 Å². The first kappa shape index (κ1) is 22.4. The van der Waals surface area contributed by atoms with Crippen LogP contribution in [0.2, 0.25) is 0 Å². The number of nitrogens with zero attached hydrogens (tertiary/aromatic N) is 3. The minimum Gasteiger partial charge on any atom is -0.389 e. The number of aromatic nitrogens is 1. The lowest BCUT2D eigenvalue weighted by Crippen LogP contribution is -2.58. The number of rotatable bonds is 5. The zero-order chi connectivity index (χ0) is 22.9. The van der Waals surface area contributed by atoms with Crippen molar-refractivity contribution in [1.82, 2.24) is 15.2 Å². The summed E-state index contributed by atoms with van der Waals surface area (Å²) in [4.78, 5) is 34.8. The van der Waals surface area contributed by atoms with Crippen molar-refractivity contribution in [3.63, 3.8) is 0 Å². The molecule has 1 aromatic heterocycles. The molecule has 0 radical (unpaired) electrons. The van der Waals surface area contributed by atoms with Gasteiger partial charge in [-0.2, -0.15) is 0 Å².